The summed E-state index contributed by atoms with van der Waals surface area (Å²) in [6.45, 7) is 5.12. The Morgan fingerprint density at radius 1 is 1.57 bits per heavy atom. The summed E-state index contributed by atoms with van der Waals surface area (Å²) in [4.78, 5) is 4.04. The maximum absolute atomic E-state index is 8.96. The average molecular weight is 197 g/mol. The van der Waals surface area contributed by atoms with Crippen LogP contribution >= 0.6 is 0 Å². The number of aliphatic hydroxyl groups excluding tert-OH is 1. The minimum absolute atomic E-state index is 0.222. The van der Waals surface area contributed by atoms with Gasteiger partial charge in [0.05, 0.1) is 12.0 Å². The second-order valence-electron chi connectivity index (χ2n) is 3.83. The fourth-order valence-corrected chi connectivity index (χ4v) is 1.18. The Morgan fingerprint density at radius 3 is 2.79 bits per heavy atom. The highest BCUT2D eigenvalue weighted by Gasteiger charge is 2.10. The molecule has 0 aromatic carbocycles. The number of aliphatic hydroxyl groups is 1. The Bertz CT molecular complexity index is 272. The number of nitrogens with zero attached hydrogens (tertiary/aromatic N) is 2. The molecule has 0 saturated carbocycles. The van der Waals surface area contributed by atoms with Crippen LogP contribution in [0.2, 0.25) is 0 Å². The minimum Gasteiger partial charge on any atom is -0.396 e. The van der Waals surface area contributed by atoms with Crippen LogP contribution in [0, 0.1) is 5.92 Å². The Kier molecular flexibility index (Phi) is 4.10. The molecule has 1 rings (SSSR count). The van der Waals surface area contributed by atoms with Crippen molar-refractivity contribution in [1.82, 2.24) is 14.9 Å². The lowest BCUT2D eigenvalue weighted by Crippen LogP contribution is -2.33. The summed E-state index contributed by atoms with van der Waals surface area (Å²) in [5.74, 6) is 0.281. The number of hydrogen-bond donors (Lipinski definition) is 2. The summed E-state index contributed by atoms with van der Waals surface area (Å²) >= 11 is 0. The largest absolute Gasteiger partial charge is 0.396 e. The molecule has 0 radical (unpaired) electrons. The molecule has 0 aliphatic rings. The topological polar surface area (TPSA) is 50.1 Å². The van der Waals surface area contributed by atoms with Gasteiger partial charge in [-0.3, -0.25) is 0 Å². The van der Waals surface area contributed by atoms with E-state index in [2.05, 4.69) is 17.2 Å². The molecular weight excluding hydrogens is 178 g/mol. The molecular formula is C10H19N3O. The van der Waals surface area contributed by atoms with Gasteiger partial charge in [0.1, 0.15) is 0 Å². The summed E-state index contributed by atoms with van der Waals surface area (Å²) in [5, 5.41) is 12.3. The van der Waals surface area contributed by atoms with E-state index in [0.717, 1.165) is 12.2 Å². The molecule has 0 fully saturated rings. The highest BCUT2D eigenvalue weighted by atomic mass is 16.3. The molecule has 2 N–H and O–H groups in total. The zero-order chi connectivity index (χ0) is 10.6. The third-order valence-electron chi connectivity index (χ3n) is 2.66. The lowest BCUT2D eigenvalue weighted by Gasteiger charge is -2.19. The van der Waals surface area contributed by atoms with Crippen LogP contribution in [-0.4, -0.2) is 27.3 Å². The van der Waals surface area contributed by atoms with Crippen molar-refractivity contribution < 1.29 is 5.11 Å². The third-order valence-corrected chi connectivity index (χ3v) is 2.66. The van der Waals surface area contributed by atoms with E-state index in [0.29, 0.717) is 6.04 Å². The van der Waals surface area contributed by atoms with Crippen LogP contribution < -0.4 is 5.32 Å². The van der Waals surface area contributed by atoms with Gasteiger partial charge in [0.2, 0.25) is 0 Å². The Morgan fingerprint density at radius 2 is 2.29 bits per heavy atom. The normalized spacial score (nSPS) is 15.4. The van der Waals surface area contributed by atoms with E-state index in [4.69, 9.17) is 5.11 Å². The third kappa shape index (κ3) is 2.82. The summed E-state index contributed by atoms with van der Waals surface area (Å²) in [6, 6.07) is 0.315. The van der Waals surface area contributed by atoms with E-state index in [1.54, 1.807) is 6.33 Å². The molecule has 2 unspecified atom stereocenters. The van der Waals surface area contributed by atoms with E-state index in [9.17, 15) is 0 Å². The van der Waals surface area contributed by atoms with Gasteiger partial charge in [0, 0.05) is 32.4 Å². The van der Waals surface area contributed by atoms with Gasteiger partial charge in [0.15, 0.2) is 0 Å². The van der Waals surface area contributed by atoms with Crippen LogP contribution in [0.1, 0.15) is 19.5 Å². The van der Waals surface area contributed by atoms with Gasteiger partial charge in [-0.1, -0.05) is 6.92 Å². The summed E-state index contributed by atoms with van der Waals surface area (Å²) in [6.07, 6.45) is 3.64. The molecule has 0 amide bonds. The van der Waals surface area contributed by atoms with Crippen LogP contribution in [0.15, 0.2) is 12.5 Å². The highest BCUT2D eigenvalue weighted by Crippen LogP contribution is 2.02. The lowest BCUT2D eigenvalue weighted by molar-refractivity contribution is 0.206. The first kappa shape index (κ1) is 11.2. The van der Waals surface area contributed by atoms with Crippen molar-refractivity contribution in [2.45, 2.75) is 26.4 Å². The van der Waals surface area contributed by atoms with Crippen LogP contribution in [0.4, 0.5) is 0 Å². The van der Waals surface area contributed by atoms with Crippen LogP contribution in [-0.2, 0) is 13.6 Å². The van der Waals surface area contributed by atoms with Crippen molar-refractivity contribution >= 4 is 0 Å². The predicted octanol–water partition coefficient (Wildman–Crippen LogP) is 0.527. The predicted molar refractivity (Wildman–Crippen MR) is 55.8 cm³/mol. The zero-order valence-corrected chi connectivity index (χ0v) is 9.07. The van der Waals surface area contributed by atoms with Gasteiger partial charge in [-0.25, -0.2) is 4.98 Å². The number of rotatable bonds is 5. The molecule has 1 aromatic heterocycles. The van der Waals surface area contributed by atoms with E-state index in [-0.39, 0.29) is 12.5 Å². The fraction of sp³-hybridized carbons (Fsp3) is 0.700. The maximum Gasteiger partial charge on any atom is 0.0945 e. The molecule has 4 heteroatoms. The number of aryl methyl sites for hydroxylation is 1. The molecule has 1 aromatic rings. The SMILES string of the molecule is CC(CO)C(C)NCc1cncn1C. The molecule has 1 heterocycles. The molecule has 0 spiro atoms. The standard InChI is InChI=1S/C10H19N3O/c1-8(6-14)9(2)12-5-10-4-11-7-13(10)3/h4,7-9,12,14H,5-6H2,1-3H3. The zero-order valence-electron chi connectivity index (χ0n) is 9.07. The van der Waals surface area contributed by atoms with Gasteiger partial charge >= 0.3 is 0 Å². The Hall–Kier alpha value is -0.870. The quantitative estimate of drug-likeness (QED) is 0.724. The summed E-state index contributed by atoms with van der Waals surface area (Å²) in [7, 11) is 1.98. The van der Waals surface area contributed by atoms with Crippen molar-refractivity contribution in [1.29, 1.82) is 0 Å². The highest BCUT2D eigenvalue weighted by molar-refractivity contribution is 4.97. The van der Waals surface area contributed by atoms with Crippen LogP contribution in [0.5, 0.6) is 0 Å². The second-order valence-corrected chi connectivity index (χ2v) is 3.83. The first-order chi connectivity index (χ1) is 6.65. The lowest BCUT2D eigenvalue weighted by atomic mass is 10.1. The van der Waals surface area contributed by atoms with Gasteiger partial charge in [-0.2, -0.15) is 0 Å². The molecule has 4 nitrogen and oxygen atoms in total. The molecule has 0 saturated heterocycles. The van der Waals surface area contributed by atoms with Gasteiger partial charge in [-0.05, 0) is 12.8 Å². The molecule has 14 heavy (non-hydrogen) atoms. The first-order valence-corrected chi connectivity index (χ1v) is 4.94. The molecule has 0 bridgehead atoms. The molecule has 0 aliphatic heterocycles. The fourth-order valence-electron chi connectivity index (χ4n) is 1.18. The van der Waals surface area contributed by atoms with E-state index < -0.39 is 0 Å². The Labute approximate surface area is 85.0 Å². The van der Waals surface area contributed by atoms with E-state index >= 15 is 0 Å². The van der Waals surface area contributed by atoms with Crippen molar-refractivity contribution in [2.75, 3.05) is 6.61 Å². The van der Waals surface area contributed by atoms with E-state index in [1.165, 1.54) is 0 Å². The van der Waals surface area contributed by atoms with Crippen LogP contribution in [0.25, 0.3) is 0 Å². The first-order valence-electron chi connectivity index (χ1n) is 4.94. The van der Waals surface area contributed by atoms with Crippen molar-refractivity contribution in [3.8, 4) is 0 Å². The van der Waals surface area contributed by atoms with Gasteiger partial charge in [-0.15, -0.1) is 0 Å². The molecule has 80 valence electrons. The van der Waals surface area contributed by atoms with E-state index in [1.807, 2.05) is 24.7 Å². The molecule has 2 atom stereocenters. The van der Waals surface area contributed by atoms with Crippen molar-refractivity contribution in [3.05, 3.63) is 18.2 Å². The second kappa shape index (κ2) is 5.12. The van der Waals surface area contributed by atoms with Crippen LogP contribution in [0.3, 0.4) is 0 Å². The van der Waals surface area contributed by atoms with Gasteiger partial charge in [0.25, 0.3) is 0 Å². The summed E-state index contributed by atoms with van der Waals surface area (Å²) < 4.78 is 1.99. The minimum atomic E-state index is 0.222. The Balaban J connectivity index is 2.37. The number of aromatic nitrogens is 2. The molecule has 0 aliphatic carbocycles. The monoisotopic (exact) mass is 197 g/mol. The number of hydrogen-bond acceptors (Lipinski definition) is 3. The van der Waals surface area contributed by atoms with Crippen molar-refractivity contribution in [3.63, 3.8) is 0 Å². The number of imidazole rings is 1. The van der Waals surface area contributed by atoms with Crippen molar-refractivity contribution in [2.24, 2.45) is 13.0 Å². The maximum atomic E-state index is 8.96. The smallest absolute Gasteiger partial charge is 0.0945 e. The number of nitrogens with one attached hydrogen (secondary N) is 1. The van der Waals surface area contributed by atoms with Gasteiger partial charge < -0.3 is 15.0 Å². The average Bonchev–Trinajstić information content (AvgIpc) is 2.59. The summed E-state index contributed by atoms with van der Waals surface area (Å²) in [5.41, 5.74) is 1.15.